The third-order valence-corrected chi connectivity index (χ3v) is 7.80. The Hall–Kier alpha value is -2.13. The lowest BCUT2D eigenvalue weighted by atomic mass is 9.76. The van der Waals surface area contributed by atoms with Crippen LogP contribution in [0.3, 0.4) is 0 Å². The van der Waals surface area contributed by atoms with Crippen molar-refractivity contribution < 1.29 is 4.39 Å². The van der Waals surface area contributed by atoms with Crippen molar-refractivity contribution in [2.75, 3.05) is 0 Å². The van der Waals surface area contributed by atoms with Gasteiger partial charge in [-0.2, -0.15) is 14.9 Å². The fraction of sp³-hybridized carbons (Fsp3) is 0.643. The van der Waals surface area contributed by atoms with Gasteiger partial charge in [-0.3, -0.25) is 0 Å². The van der Waals surface area contributed by atoms with Crippen LogP contribution in [0, 0.1) is 40.4 Å². The van der Waals surface area contributed by atoms with Crippen LogP contribution in [0.1, 0.15) is 107 Å². The molecule has 31 heavy (non-hydrogen) atoms. The molecule has 3 rings (SSSR count). The molecule has 0 unspecified atom stereocenters. The van der Waals surface area contributed by atoms with E-state index in [4.69, 9.17) is 10.5 Å². The van der Waals surface area contributed by atoms with E-state index in [-0.39, 0.29) is 0 Å². The van der Waals surface area contributed by atoms with E-state index in [0.717, 1.165) is 29.7 Å². The van der Waals surface area contributed by atoms with Crippen molar-refractivity contribution in [2.24, 2.45) is 17.8 Å². The standard InChI is InChI=1S/C28H37FN2/c29-28(21-31)7-3-6-24-10-8-22(9-11-24)4-1-2-5-23-12-16-26(17-13-23)27-18-14-25(20-30)15-19-27/h7,14-15,18-19,22-24,26H,1-6,8-13,16-17H2/b28-7-. The molecule has 0 spiro atoms. The first-order valence-electron chi connectivity index (χ1n) is 12.4. The van der Waals surface area contributed by atoms with E-state index in [1.54, 1.807) is 6.07 Å². The van der Waals surface area contributed by atoms with E-state index < -0.39 is 5.83 Å². The molecule has 0 N–H and O–H groups in total. The van der Waals surface area contributed by atoms with Crippen LogP contribution < -0.4 is 0 Å². The zero-order valence-corrected chi connectivity index (χ0v) is 18.9. The molecular formula is C28H37FN2. The van der Waals surface area contributed by atoms with Crippen molar-refractivity contribution in [1.82, 2.24) is 0 Å². The molecule has 2 saturated carbocycles. The number of rotatable bonds is 9. The average Bonchev–Trinajstić information content (AvgIpc) is 2.83. The zero-order valence-electron chi connectivity index (χ0n) is 18.9. The fourth-order valence-electron chi connectivity index (χ4n) is 5.78. The van der Waals surface area contributed by atoms with Crippen molar-refractivity contribution in [3.63, 3.8) is 0 Å². The van der Waals surface area contributed by atoms with Gasteiger partial charge in [0.05, 0.1) is 11.6 Å². The maximum Gasteiger partial charge on any atom is 0.196 e. The Kier molecular flexibility index (Phi) is 9.61. The molecule has 0 aliphatic heterocycles. The maximum atomic E-state index is 12.9. The third-order valence-electron chi connectivity index (χ3n) is 7.80. The van der Waals surface area contributed by atoms with Crippen LogP contribution in [0.5, 0.6) is 0 Å². The lowest BCUT2D eigenvalue weighted by molar-refractivity contribution is 0.244. The second kappa shape index (κ2) is 12.7. The first-order chi connectivity index (χ1) is 15.2. The van der Waals surface area contributed by atoms with E-state index in [1.165, 1.54) is 88.7 Å². The summed E-state index contributed by atoms with van der Waals surface area (Å²) < 4.78 is 12.9. The van der Waals surface area contributed by atoms with Gasteiger partial charge in [0.1, 0.15) is 6.07 Å². The Bertz CT molecular complexity index is 767. The van der Waals surface area contributed by atoms with Gasteiger partial charge in [-0.05, 0) is 86.0 Å². The van der Waals surface area contributed by atoms with E-state index in [1.807, 2.05) is 12.1 Å². The Morgan fingerprint density at radius 2 is 1.32 bits per heavy atom. The minimum Gasteiger partial charge on any atom is -0.195 e. The van der Waals surface area contributed by atoms with Gasteiger partial charge in [-0.15, -0.1) is 0 Å². The largest absolute Gasteiger partial charge is 0.196 e. The zero-order chi connectivity index (χ0) is 21.9. The number of benzene rings is 1. The van der Waals surface area contributed by atoms with Gasteiger partial charge in [0.25, 0.3) is 0 Å². The van der Waals surface area contributed by atoms with Crippen LogP contribution in [0.15, 0.2) is 36.2 Å². The molecule has 0 aromatic heterocycles. The van der Waals surface area contributed by atoms with E-state index in [9.17, 15) is 4.39 Å². The van der Waals surface area contributed by atoms with Crippen molar-refractivity contribution in [2.45, 2.75) is 95.8 Å². The number of hydrogen-bond acceptors (Lipinski definition) is 2. The summed E-state index contributed by atoms with van der Waals surface area (Å²) in [5, 5.41) is 17.4. The Morgan fingerprint density at radius 1 is 0.806 bits per heavy atom. The van der Waals surface area contributed by atoms with Gasteiger partial charge in [-0.25, -0.2) is 0 Å². The monoisotopic (exact) mass is 420 g/mol. The highest BCUT2D eigenvalue weighted by Gasteiger charge is 2.23. The number of nitriles is 2. The molecule has 1 aromatic rings. The van der Waals surface area contributed by atoms with Gasteiger partial charge < -0.3 is 0 Å². The molecule has 0 radical (unpaired) electrons. The van der Waals surface area contributed by atoms with Crippen LogP contribution in [-0.4, -0.2) is 0 Å². The number of nitrogens with zero attached hydrogens (tertiary/aromatic N) is 2. The molecule has 2 nitrogen and oxygen atoms in total. The van der Waals surface area contributed by atoms with Crippen LogP contribution in [0.4, 0.5) is 4.39 Å². The van der Waals surface area contributed by atoms with Crippen molar-refractivity contribution in [3.8, 4) is 12.1 Å². The van der Waals surface area contributed by atoms with Crippen LogP contribution >= 0.6 is 0 Å². The topological polar surface area (TPSA) is 47.6 Å². The quantitative estimate of drug-likeness (QED) is 0.297. The smallest absolute Gasteiger partial charge is 0.195 e. The van der Waals surface area contributed by atoms with E-state index in [2.05, 4.69) is 18.2 Å². The molecular weight excluding hydrogens is 383 g/mol. The maximum absolute atomic E-state index is 12.9. The molecule has 0 saturated heterocycles. The molecule has 0 amide bonds. The summed E-state index contributed by atoms with van der Waals surface area (Å²) in [6, 6.07) is 12.0. The van der Waals surface area contributed by atoms with Gasteiger partial charge in [0, 0.05) is 0 Å². The predicted molar refractivity (Wildman–Crippen MR) is 124 cm³/mol. The molecule has 0 atom stereocenters. The Morgan fingerprint density at radius 3 is 1.84 bits per heavy atom. The van der Waals surface area contributed by atoms with Crippen LogP contribution in [0.2, 0.25) is 0 Å². The first kappa shape index (κ1) is 23.5. The van der Waals surface area contributed by atoms with E-state index in [0.29, 0.717) is 12.3 Å². The molecule has 1 aromatic carbocycles. The number of hydrogen-bond donors (Lipinski definition) is 0. The van der Waals surface area contributed by atoms with Gasteiger partial charge >= 0.3 is 0 Å². The molecule has 3 heteroatoms. The predicted octanol–water partition coefficient (Wildman–Crippen LogP) is 8.36. The van der Waals surface area contributed by atoms with Gasteiger partial charge in [0.2, 0.25) is 0 Å². The summed E-state index contributed by atoms with van der Waals surface area (Å²) >= 11 is 0. The molecule has 0 heterocycles. The minimum absolute atomic E-state index is 0.628. The van der Waals surface area contributed by atoms with Crippen LogP contribution in [-0.2, 0) is 0 Å². The Labute approximate surface area is 188 Å². The first-order valence-corrected chi connectivity index (χ1v) is 12.4. The summed E-state index contributed by atoms with van der Waals surface area (Å²) in [7, 11) is 0. The Balaban J connectivity index is 1.24. The van der Waals surface area contributed by atoms with Crippen LogP contribution in [0.25, 0.3) is 0 Å². The van der Waals surface area contributed by atoms with Crippen molar-refractivity contribution in [3.05, 3.63) is 47.3 Å². The molecule has 166 valence electrons. The van der Waals surface area contributed by atoms with Crippen molar-refractivity contribution in [1.29, 1.82) is 10.5 Å². The summed E-state index contributed by atoms with van der Waals surface area (Å²) in [5.41, 5.74) is 2.17. The molecule has 2 fully saturated rings. The fourth-order valence-corrected chi connectivity index (χ4v) is 5.78. The highest BCUT2D eigenvalue weighted by molar-refractivity contribution is 5.33. The number of unbranched alkanes of at least 4 members (excludes halogenated alkanes) is 1. The third kappa shape index (κ3) is 7.81. The van der Waals surface area contributed by atoms with Crippen molar-refractivity contribution >= 4 is 0 Å². The summed E-state index contributed by atoms with van der Waals surface area (Å²) in [4.78, 5) is 0. The van der Waals surface area contributed by atoms with Gasteiger partial charge in [0.15, 0.2) is 5.83 Å². The van der Waals surface area contributed by atoms with E-state index >= 15 is 0 Å². The highest BCUT2D eigenvalue weighted by atomic mass is 19.1. The summed E-state index contributed by atoms with van der Waals surface area (Å²) in [6.45, 7) is 0. The number of allylic oxidation sites excluding steroid dienone is 2. The highest BCUT2D eigenvalue weighted by Crippen LogP contribution is 2.38. The normalized spacial score (nSPS) is 26.7. The summed E-state index contributed by atoms with van der Waals surface area (Å²) in [6.07, 6.45) is 19.3. The summed E-state index contributed by atoms with van der Waals surface area (Å²) in [5.74, 6) is 2.59. The second-order valence-corrected chi connectivity index (χ2v) is 9.86. The lowest BCUT2D eigenvalue weighted by Gasteiger charge is -2.30. The number of halogens is 1. The molecule has 2 aliphatic rings. The average molecular weight is 421 g/mol. The van der Waals surface area contributed by atoms with Gasteiger partial charge in [-0.1, -0.05) is 63.5 Å². The minimum atomic E-state index is -0.628. The molecule has 0 bridgehead atoms. The SMILES string of the molecule is N#C/C(F)=C/CCC1CCC(CCCCC2CCC(c3ccc(C#N)cc3)CC2)CC1. The second-order valence-electron chi connectivity index (χ2n) is 9.86. The molecule has 2 aliphatic carbocycles. The lowest BCUT2D eigenvalue weighted by Crippen LogP contribution is -2.15.